The van der Waals surface area contributed by atoms with Crippen molar-refractivity contribution in [2.75, 3.05) is 6.54 Å². The number of aliphatic hydroxyl groups is 1. The molecule has 0 fully saturated rings. The molecule has 1 aromatic rings. The fourth-order valence-corrected chi connectivity index (χ4v) is 2.28. The Morgan fingerprint density at radius 2 is 2.12 bits per heavy atom. The monoisotopic (exact) mass is 289 g/mol. The lowest BCUT2D eigenvalue weighted by molar-refractivity contribution is 0.106. The van der Waals surface area contributed by atoms with Gasteiger partial charge in [0.25, 0.3) is 0 Å². The van der Waals surface area contributed by atoms with Gasteiger partial charge >= 0.3 is 0 Å². The molecule has 16 heavy (non-hydrogen) atoms. The van der Waals surface area contributed by atoms with E-state index in [0.29, 0.717) is 16.6 Å². The first kappa shape index (κ1) is 13.6. The highest BCUT2D eigenvalue weighted by Crippen LogP contribution is 2.27. The van der Waals surface area contributed by atoms with Gasteiger partial charge in [0.1, 0.15) is 5.82 Å². The SMILES string of the molecule is CCCC(CN)C(O)c1cc(F)cc(Br)c1. The van der Waals surface area contributed by atoms with Gasteiger partial charge in [-0.3, -0.25) is 0 Å². The maximum Gasteiger partial charge on any atom is 0.124 e. The molecule has 1 rings (SSSR count). The Morgan fingerprint density at radius 1 is 1.44 bits per heavy atom. The van der Waals surface area contributed by atoms with Crippen molar-refractivity contribution in [2.24, 2.45) is 11.7 Å². The van der Waals surface area contributed by atoms with Gasteiger partial charge < -0.3 is 10.8 Å². The number of aliphatic hydroxyl groups excluding tert-OH is 1. The molecule has 2 atom stereocenters. The molecular formula is C12H17BrFNO. The van der Waals surface area contributed by atoms with Crippen LogP contribution >= 0.6 is 15.9 Å². The Labute approximate surface area is 104 Å². The molecule has 0 aliphatic heterocycles. The fraction of sp³-hybridized carbons (Fsp3) is 0.500. The normalized spacial score (nSPS) is 14.8. The predicted octanol–water partition coefficient (Wildman–Crippen LogP) is 3.00. The summed E-state index contributed by atoms with van der Waals surface area (Å²) in [4.78, 5) is 0. The summed E-state index contributed by atoms with van der Waals surface area (Å²) < 4.78 is 13.8. The van der Waals surface area contributed by atoms with Crippen molar-refractivity contribution in [1.29, 1.82) is 0 Å². The van der Waals surface area contributed by atoms with Crippen molar-refractivity contribution in [3.05, 3.63) is 34.1 Å². The van der Waals surface area contributed by atoms with E-state index in [2.05, 4.69) is 15.9 Å². The number of halogens is 2. The van der Waals surface area contributed by atoms with Gasteiger partial charge in [0.15, 0.2) is 0 Å². The lowest BCUT2D eigenvalue weighted by Gasteiger charge is -2.21. The third-order valence-electron chi connectivity index (χ3n) is 2.64. The highest BCUT2D eigenvalue weighted by Gasteiger charge is 2.19. The van der Waals surface area contributed by atoms with Crippen LogP contribution in [0.1, 0.15) is 31.4 Å². The second-order valence-electron chi connectivity index (χ2n) is 3.93. The van der Waals surface area contributed by atoms with Gasteiger partial charge in [-0.15, -0.1) is 0 Å². The van der Waals surface area contributed by atoms with Gasteiger partial charge in [-0.05, 0) is 36.7 Å². The summed E-state index contributed by atoms with van der Waals surface area (Å²) in [6, 6.07) is 4.45. The highest BCUT2D eigenvalue weighted by molar-refractivity contribution is 9.10. The van der Waals surface area contributed by atoms with Crippen LogP contribution in [0.5, 0.6) is 0 Å². The van der Waals surface area contributed by atoms with E-state index in [4.69, 9.17) is 5.73 Å². The third kappa shape index (κ3) is 3.54. The quantitative estimate of drug-likeness (QED) is 0.875. The molecule has 1 aromatic carbocycles. The van der Waals surface area contributed by atoms with Crippen molar-refractivity contribution in [3.63, 3.8) is 0 Å². The Morgan fingerprint density at radius 3 is 2.62 bits per heavy atom. The molecule has 90 valence electrons. The van der Waals surface area contributed by atoms with Crippen LogP contribution in [-0.2, 0) is 0 Å². The molecule has 0 aliphatic rings. The molecule has 0 radical (unpaired) electrons. The molecule has 0 aliphatic carbocycles. The van der Waals surface area contributed by atoms with E-state index in [0.717, 1.165) is 12.8 Å². The average Bonchev–Trinajstić information content (AvgIpc) is 2.23. The topological polar surface area (TPSA) is 46.2 Å². The van der Waals surface area contributed by atoms with Gasteiger partial charge in [0.2, 0.25) is 0 Å². The Balaban J connectivity index is 2.89. The van der Waals surface area contributed by atoms with E-state index in [9.17, 15) is 9.50 Å². The smallest absolute Gasteiger partial charge is 0.124 e. The van der Waals surface area contributed by atoms with E-state index in [1.165, 1.54) is 12.1 Å². The number of benzene rings is 1. The maximum absolute atomic E-state index is 13.2. The predicted molar refractivity (Wildman–Crippen MR) is 66.5 cm³/mol. The summed E-state index contributed by atoms with van der Waals surface area (Å²) in [5.74, 6) is -0.366. The van der Waals surface area contributed by atoms with Gasteiger partial charge in [-0.2, -0.15) is 0 Å². The van der Waals surface area contributed by atoms with Crippen molar-refractivity contribution in [1.82, 2.24) is 0 Å². The average molecular weight is 290 g/mol. The maximum atomic E-state index is 13.2. The van der Waals surface area contributed by atoms with Crippen LogP contribution in [0.2, 0.25) is 0 Å². The molecule has 4 heteroatoms. The second kappa shape index (κ2) is 6.33. The number of hydrogen-bond acceptors (Lipinski definition) is 2. The minimum absolute atomic E-state index is 0.0151. The number of nitrogens with two attached hydrogens (primary N) is 1. The molecule has 0 bridgehead atoms. The van der Waals surface area contributed by atoms with Crippen LogP contribution in [0.15, 0.2) is 22.7 Å². The van der Waals surface area contributed by atoms with Crippen LogP contribution in [-0.4, -0.2) is 11.7 Å². The molecule has 0 saturated carbocycles. The van der Waals surface area contributed by atoms with Gasteiger partial charge in [0.05, 0.1) is 6.10 Å². The van der Waals surface area contributed by atoms with E-state index in [1.807, 2.05) is 6.92 Å². The fourth-order valence-electron chi connectivity index (χ4n) is 1.79. The zero-order valence-corrected chi connectivity index (χ0v) is 10.9. The largest absolute Gasteiger partial charge is 0.388 e. The van der Waals surface area contributed by atoms with Gasteiger partial charge in [-0.1, -0.05) is 29.3 Å². The standard InChI is InChI=1S/C12H17BrFNO/c1-2-3-8(7-15)12(16)9-4-10(13)6-11(14)5-9/h4-6,8,12,16H,2-3,7,15H2,1H3. The Kier molecular flexibility index (Phi) is 5.38. The molecule has 3 N–H and O–H groups in total. The lowest BCUT2D eigenvalue weighted by Crippen LogP contribution is -2.22. The summed E-state index contributed by atoms with van der Waals surface area (Å²) >= 11 is 3.21. The minimum atomic E-state index is -0.697. The van der Waals surface area contributed by atoms with Crippen LogP contribution in [0, 0.1) is 11.7 Å². The Hall–Kier alpha value is -0.450. The van der Waals surface area contributed by atoms with Crippen LogP contribution in [0.3, 0.4) is 0 Å². The van der Waals surface area contributed by atoms with Crippen LogP contribution in [0.4, 0.5) is 4.39 Å². The van der Waals surface area contributed by atoms with Gasteiger partial charge in [-0.25, -0.2) is 4.39 Å². The third-order valence-corrected chi connectivity index (χ3v) is 3.09. The summed E-state index contributed by atoms with van der Waals surface area (Å²) in [6.07, 6.45) is 1.10. The van der Waals surface area contributed by atoms with Crippen molar-refractivity contribution in [2.45, 2.75) is 25.9 Å². The zero-order chi connectivity index (χ0) is 12.1. The minimum Gasteiger partial charge on any atom is -0.388 e. The number of rotatable bonds is 5. The van der Waals surface area contributed by atoms with Crippen molar-refractivity contribution < 1.29 is 9.50 Å². The molecule has 2 nitrogen and oxygen atoms in total. The molecule has 2 unspecified atom stereocenters. The van der Waals surface area contributed by atoms with E-state index in [1.54, 1.807) is 6.07 Å². The highest BCUT2D eigenvalue weighted by atomic mass is 79.9. The number of hydrogen-bond donors (Lipinski definition) is 2. The Bertz CT molecular complexity index is 326. The molecule has 0 heterocycles. The van der Waals surface area contributed by atoms with Gasteiger partial charge in [0, 0.05) is 10.4 Å². The van der Waals surface area contributed by atoms with Crippen LogP contribution < -0.4 is 5.73 Å². The van der Waals surface area contributed by atoms with Crippen molar-refractivity contribution in [3.8, 4) is 0 Å². The van der Waals surface area contributed by atoms with E-state index >= 15 is 0 Å². The lowest BCUT2D eigenvalue weighted by atomic mass is 9.92. The summed E-state index contributed by atoms with van der Waals surface area (Å²) in [5.41, 5.74) is 6.19. The molecule has 0 aromatic heterocycles. The zero-order valence-electron chi connectivity index (χ0n) is 9.29. The first-order valence-corrected chi connectivity index (χ1v) is 6.22. The first-order chi connectivity index (χ1) is 7.58. The molecule has 0 amide bonds. The summed E-state index contributed by atoms with van der Waals surface area (Å²) in [7, 11) is 0. The van der Waals surface area contributed by atoms with Crippen LogP contribution in [0.25, 0.3) is 0 Å². The molecular weight excluding hydrogens is 273 g/mol. The molecule has 0 saturated heterocycles. The molecule has 0 spiro atoms. The van der Waals surface area contributed by atoms with Crippen molar-refractivity contribution >= 4 is 15.9 Å². The summed E-state index contributed by atoms with van der Waals surface area (Å²) in [5, 5.41) is 10.1. The van der Waals surface area contributed by atoms with E-state index in [-0.39, 0.29) is 11.7 Å². The van der Waals surface area contributed by atoms with E-state index < -0.39 is 6.10 Å². The first-order valence-electron chi connectivity index (χ1n) is 5.42. The second-order valence-corrected chi connectivity index (χ2v) is 4.85. The summed E-state index contributed by atoms with van der Waals surface area (Å²) in [6.45, 7) is 2.44.